The van der Waals surface area contributed by atoms with Crippen LogP contribution in [0.2, 0.25) is 0 Å². The van der Waals surface area contributed by atoms with Crippen molar-refractivity contribution in [3.05, 3.63) is 0 Å². The number of nitrogens with zero attached hydrogens (tertiary/aromatic N) is 1. The normalized spacial score (nSPS) is 28.2. The maximum absolute atomic E-state index is 12.3. The number of carbonyl (C=O) groups excluding carboxylic acids is 2. The number of hydrogen-bond acceptors (Lipinski definition) is 3. The predicted octanol–water partition coefficient (Wildman–Crippen LogP) is 0.879. The van der Waals surface area contributed by atoms with E-state index in [9.17, 15) is 9.59 Å². The van der Waals surface area contributed by atoms with Crippen LogP contribution in [-0.4, -0.2) is 42.4 Å². The Hall–Kier alpha value is -1.10. The molecule has 0 radical (unpaired) electrons. The molecule has 5 heteroatoms. The number of nitrogens with one attached hydrogen (secondary N) is 1. The van der Waals surface area contributed by atoms with Crippen LogP contribution < -0.4 is 11.1 Å². The molecule has 114 valence electrons. The van der Waals surface area contributed by atoms with E-state index in [0.717, 1.165) is 45.2 Å². The molecule has 0 aromatic rings. The summed E-state index contributed by atoms with van der Waals surface area (Å²) >= 11 is 0. The van der Waals surface area contributed by atoms with Gasteiger partial charge in [0.15, 0.2) is 0 Å². The van der Waals surface area contributed by atoms with Crippen molar-refractivity contribution in [1.29, 1.82) is 0 Å². The maximum Gasteiger partial charge on any atom is 0.244 e. The van der Waals surface area contributed by atoms with E-state index >= 15 is 0 Å². The summed E-state index contributed by atoms with van der Waals surface area (Å²) in [5, 5.41) is 2.90. The Labute approximate surface area is 121 Å². The van der Waals surface area contributed by atoms with Gasteiger partial charge in [0.25, 0.3) is 0 Å². The van der Waals surface area contributed by atoms with E-state index in [1.165, 1.54) is 6.42 Å². The van der Waals surface area contributed by atoms with Gasteiger partial charge in [-0.3, -0.25) is 9.59 Å². The lowest BCUT2D eigenvalue weighted by molar-refractivity contribution is -0.138. The zero-order valence-corrected chi connectivity index (χ0v) is 12.4. The second kappa shape index (κ2) is 7.07. The van der Waals surface area contributed by atoms with Crippen LogP contribution in [0.1, 0.15) is 45.4 Å². The van der Waals surface area contributed by atoms with Gasteiger partial charge in [-0.15, -0.1) is 0 Å². The summed E-state index contributed by atoms with van der Waals surface area (Å²) in [6, 6.07) is -0.417. The molecular weight excluding hydrogens is 254 g/mol. The molecule has 0 aromatic heterocycles. The Bertz CT molecular complexity index is 353. The molecule has 1 saturated carbocycles. The van der Waals surface area contributed by atoms with Gasteiger partial charge in [-0.2, -0.15) is 0 Å². The van der Waals surface area contributed by atoms with Gasteiger partial charge in [0.2, 0.25) is 11.8 Å². The number of nitrogens with two attached hydrogens (primary N) is 1. The SMILES string of the molecule is CC(NC(=O)C1CCCC1CN)C(=O)N1CCCCC1. The first-order valence-corrected chi connectivity index (χ1v) is 7.92. The number of hydrogen-bond donors (Lipinski definition) is 2. The number of likely N-dealkylation sites (tertiary alicyclic amines) is 1. The predicted molar refractivity (Wildman–Crippen MR) is 77.9 cm³/mol. The molecule has 1 aliphatic carbocycles. The Balaban J connectivity index is 1.85. The van der Waals surface area contributed by atoms with Crippen molar-refractivity contribution in [1.82, 2.24) is 10.2 Å². The van der Waals surface area contributed by atoms with Crippen LogP contribution in [0.25, 0.3) is 0 Å². The summed E-state index contributed by atoms with van der Waals surface area (Å²) in [6.07, 6.45) is 6.34. The maximum atomic E-state index is 12.3. The van der Waals surface area contributed by atoms with Crippen LogP contribution in [0.5, 0.6) is 0 Å². The molecule has 2 aliphatic rings. The lowest BCUT2D eigenvalue weighted by atomic mass is 9.95. The summed E-state index contributed by atoms with van der Waals surface area (Å²) in [5.74, 6) is 0.347. The van der Waals surface area contributed by atoms with Crippen LogP contribution in [0.15, 0.2) is 0 Å². The molecule has 20 heavy (non-hydrogen) atoms. The molecule has 0 spiro atoms. The molecule has 5 nitrogen and oxygen atoms in total. The van der Waals surface area contributed by atoms with Crippen molar-refractivity contribution in [2.45, 2.75) is 51.5 Å². The van der Waals surface area contributed by atoms with E-state index in [4.69, 9.17) is 5.73 Å². The van der Waals surface area contributed by atoms with Gasteiger partial charge < -0.3 is 16.0 Å². The average Bonchev–Trinajstić information content (AvgIpc) is 2.95. The highest BCUT2D eigenvalue weighted by molar-refractivity contribution is 5.88. The van der Waals surface area contributed by atoms with Gasteiger partial charge in [-0.05, 0) is 51.5 Å². The lowest BCUT2D eigenvalue weighted by Gasteiger charge is -2.30. The summed E-state index contributed by atoms with van der Waals surface area (Å²) in [6.45, 7) is 4.01. The fraction of sp³-hybridized carbons (Fsp3) is 0.867. The first kappa shape index (κ1) is 15.3. The van der Waals surface area contributed by atoms with E-state index in [2.05, 4.69) is 5.32 Å². The third kappa shape index (κ3) is 3.51. The number of amides is 2. The highest BCUT2D eigenvalue weighted by Crippen LogP contribution is 2.31. The van der Waals surface area contributed by atoms with Gasteiger partial charge in [0.1, 0.15) is 6.04 Å². The third-order valence-electron chi connectivity index (χ3n) is 4.70. The Kier molecular flexibility index (Phi) is 5.40. The largest absolute Gasteiger partial charge is 0.344 e. The van der Waals surface area contributed by atoms with Gasteiger partial charge in [-0.25, -0.2) is 0 Å². The molecule has 0 aromatic carbocycles. The van der Waals surface area contributed by atoms with E-state index in [-0.39, 0.29) is 23.7 Å². The van der Waals surface area contributed by atoms with Crippen LogP contribution in [0.4, 0.5) is 0 Å². The van der Waals surface area contributed by atoms with Crippen molar-refractivity contribution in [2.75, 3.05) is 19.6 Å². The Morgan fingerprint density at radius 3 is 2.55 bits per heavy atom. The molecule has 3 atom stereocenters. The summed E-state index contributed by atoms with van der Waals surface area (Å²) in [7, 11) is 0. The van der Waals surface area contributed by atoms with Gasteiger partial charge >= 0.3 is 0 Å². The van der Waals surface area contributed by atoms with Crippen molar-refractivity contribution < 1.29 is 9.59 Å². The molecule has 1 aliphatic heterocycles. The van der Waals surface area contributed by atoms with Crippen molar-refractivity contribution in [3.63, 3.8) is 0 Å². The Morgan fingerprint density at radius 1 is 1.20 bits per heavy atom. The second-order valence-corrected chi connectivity index (χ2v) is 6.15. The van der Waals surface area contributed by atoms with Gasteiger partial charge in [0, 0.05) is 19.0 Å². The average molecular weight is 281 g/mol. The molecular formula is C15H27N3O2. The molecule has 2 rings (SSSR count). The van der Waals surface area contributed by atoms with E-state index in [1.54, 1.807) is 6.92 Å². The smallest absolute Gasteiger partial charge is 0.244 e. The zero-order chi connectivity index (χ0) is 14.5. The molecule has 1 saturated heterocycles. The topological polar surface area (TPSA) is 75.4 Å². The quantitative estimate of drug-likeness (QED) is 0.803. The number of carbonyl (C=O) groups is 2. The molecule has 0 bridgehead atoms. The molecule has 3 unspecified atom stereocenters. The van der Waals surface area contributed by atoms with E-state index in [1.807, 2.05) is 4.90 Å². The summed E-state index contributed by atoms with van der Waals surface area (Å²) < 4.78 is 0. The number of rotatable bonds is 4. The lowest BCUT2D eigenvalue weighted by Crippen LogP contribution is -2.50. The van der Waals surface area contributed by atoms with Crippen molar-refractivity contribution in [3.8, 4) is 0 Å². The molecule has 2 fully saturated rings. The highest BCUT2D eigenvalue weighted by Gasteiger charge is 2.33. The summed E-state index contributed by atoms with van der Waals surface area (Å²) in [4.78, 5) is 26.4. The first-order chi connectivity index (χ1) is 9.63. The first-order valence-electron chi connectivity index (χ1n) is 7.92. The van der Waals surface area contributed by atoms with E-state index in [0.29, 0.717) is 6.54 Å². The molecule has 3 N–H and O–H groups in total. The van der Waals surface area contributed by atoms with E-state index < -0.39 is 6.04 Å². The standard InChI is InChI=1S/C15H27N3O2/c1-11(15(20)18-8-3-2-4-9-18)17-14(19)13-7-5-6-12(13)10-16/h11-13H,2-10,16H2,1H3,(H,17,19). The van der Waals surface area contributed by atoms with Crippen LogP contribution >= 0.6 is 0 Å². The fourth-order valence-electron chi connectivity index (χ4n) is 3.43. The minimum absolute atomic E-state index is 0.00314. The van der Waals surface area contributed by atoms with Crippen molar-refractivity contribution in [2.24, 2.45) is 17.6 Å². The second-order valence-electron chi connectivity index (χ2n) is 6.15. The zero-order valence-electron chi connectivity index (χ0n) is 12.4. The van der Waals surface area contributed by atoms with Crippen LogP contribution in [-0.2, 0) is 9.59 Å². The summed E-state index contributed by atoms with van der Waals surface area (Å²) in [5.41, 5.74) is 5.71. The van der Waals surface area contributed by atoms with Crippen molar-refractivity contribution >= 4 is 11.8 Å². The molecule has 2 amide bonds. The van der Waals surface area contributed by atoms with Crippen LogP contribution in [0.3, 0.4) is 0 Å². The minimum atomic E-state index is -0.417. The van der Waals surface area contributed by atoms with Crippen LogP contribution in [0, 0.1) is 11.8 Å². The minimum Gasteiger partial charge on any atom is -0.344 e. The number of piperidine rings is 1. The highest BCUT2D eigenvalue weighted by atomic mass is 16.2. The molecule has 1 heterocycles. The third-order valence-corrected chi connectivity index (χ3v) is 4.70. The fourth-order valence-corrected chi connectivity index (χ4v) is 3.43. The van der Waals surface area contributed by atoms with Gasteiger partial charge in [-0.1, -0.05) is 6.42 Å². The van der Waals surface area contributed by atoms with Gasteiger partial charge in [0.05, 0.1) is 0 Å². The monoisotopic (exact) mass is 281 g/mol. The Morgan fingerprint density at radius 2 is 1.90 bits per heavy atom.